The molecule has 0 atom stereocenters. The summed E-state index contributed by atoms with van der Waals surface area (Å²) in [6.07, 6.45) is 0. The maximum atomic E-state index is 12.5. The predicted molar refractivity (Wildman–Crippen MR) is 88.6 cm³/mol. The minimum absolute atomic E-state index is 0.0329. The quantitative estimate of drug-likeness (QED) is 0.760. The predicted octanol–water partition coefficient (Wildman–Crippen LogP) is 1.90. The molecule has 24 heavy (non-hydrogen) atoms. The van der Waals surface area contributed by atoms with Crippen molar-refractivity contribution in [1.29, 1.82) is 0 Å². The van der Waals surface area contributed by atoms with E-state index in [0.29, 0.717) is 11.1 Å². The van der Waals surface area contributed by atoms with Gasteiger partial charge in [-0.25, -0.2) is 13.2 Å². The Hall–Kier alpha value is -2.87. The average Bonchev–Trinajstić information content (AvgIpc) is 2.45. The lowest BCUT2D eigenvalue weighted by molar-refractivity contribution is 0.0696. The van der Waals surface area contributed by atoms with Gasteiger partial charge in [0.2, 0.25) is 5.91 Å². The van der Waals surface area contributed by atoms with Gasteiger partial charge < -0.3 is 10.8 Å². The fraction of sp³-hybridized carbons (Fsp3) is 0.125. The van der Waals surface area contributed by atoms with E-state index in [1.54, 1.807) is 13.8 Å². The lowest BCUT2D eigenvalue weighted by Gasteiger charge is -2.11. The van der Waals surface area contributed by atoms with E-state index in [-0.39, 0.29) is 21.7 Å². The van der Waals surface area contributed by atoms with E-state index >= 15 is 0 Å². The normalized spacial score (nSPS) is 11.1. The van der Waals surface area contributed by atoms with Crippen molar-refractivity contribution in [3.05, 3.63) is 58.7 Å². The van der Waals surface area contributed by atoms with Crippen LogP contribution in [0.5, 0.6) is 0 Å². The molecule has 126 valence electrons. The summed E-state index contributed by atoms with van der Waals surface area (Å²) in [6.45, 7) is 3.30. The van der Waals surface area contributed by atoms with Crippen LogP contribution in [-0.4, -0.2) is 25.4 Å². The smallest absolute Gasteiger partial charge is 0.335 e. The number of carboxylic acid groups (broad SMARTS) is 1. The number of aromatic carboxylic acids is 1. The minimum Gasteiger partial charge on any atom is -0.478 e. The van der Waals surface area contributed by atoms with Gasteiger partial charge in [-0.3, -0.25) is 9.52 Å². The molecular formula is C16H16N2O5S. The number of rotatable bonds is 5. The Morgan fingerprint density at radius 1 is 1.08 bits per heavy atom. The molecule has 2 aromatic carbocycles. The maximum Gasteiger partial charge on any atom is 0.335 e. The van der Waals surface area contributed by atoms with E-state index in [0.717, 1.165) is 0 Å². The molecule has 4 N–H and O–H groups in total. The van der Waals surface area contributed by atoms with Crippen molar-refractivity contribution < 1.29 is 23.1 Å². The molecule has 0 fully saturated rings. The summed E-state index contributed by atoms with van der Waals surface area (Å²) in [5.41, 5.74) is 6.58. The van der Waals surface area contributed by atoms with Crippen molar-refractivity contribution in [2.45, 2.75) is 18.7 Å². The number of carboxylic acids is 1. The molecule has 0 aromatic heterocycles. The van der Waals surface area contributed by atoms with E-state index < -0.39 is 21.9 Å². The number of amides is 1. The van der Waals surface area contributed by atoms with Gasteiger partial charge in [-0.05, 0) is 55.3 Å². The van der Waals surface area contributed by atoms with Gasteiger partial charge in [0.15, 0.2) is 0 Å². The topological polar surface area (TPSA) is 127 Å². The van der Waals surface area contributed by atoms with Gasteiger partial charge >= 0.3 is 5.97 Å². The highest BCUT2D eigenvalue weighted by atomic mass is 32.2. The van der Waals surface area contributed by atoms with Crippen LogP contribution in [0.1, 0.15) is 31.8 Å². The monoisotopic (exact) mass is 348 g/mol. The molecule has 0 radical (unpaired) electrons. The Morgan fingerprint density at radius 3 is 2.33 bits per heavy atom. The molecular weight excluding hydrogens is 332 g/mol. The molecule has 0 aliphatic heterocycles. The highest BCUT2D eigenvalue weighted by molar-refractivity contribution is 7.92. The maximum absolute atomic E-state index is 12.5. The van der Waals surface area contributed by atoms with Crippen LogP contribution >= 0.6 is 0 Å². The van der Waals surface area contributed by atoms with E-state index in [1.165, 1.54) is 36.4 Å². The van der Waals surface area contributed by atoms with Crippen LogP contribution in [0.4, 0.5) is 5.69 Å². The third-order valence-corrected chi connectivity index (χ3v) is 4.74. The molecule has 1 amide bonds. The van der Waals surface area contributed by atoms with Crippen molar-refractivity contribution in [2.24, 2.45) is 5.73 Å². The van der Waals surface area contributed by atoms with Crippen molar-refractivity contribution in [2.75, 3.05) is 4.72 Å². The first-order valence-corrected chi connectivity index (χ1v) is 8.37. The summed E-state index contributed by atoms with van der Waals surface area (Å²) < 4.78 is 27.3. The number of hydrogen-bond acceptors (Lipinski definition) is 4. The molecule has 2 aromatic rings. The SMILES string of the molecule is Cc1cc(NS(=O)(=O)c2ccc(C)c(C(N)=O)c2)cc(C(=O)O)c1. The minimum atomic E-state index is -4.00. The molecule has 7 nitrogen and oxygen atoms in total. The lowest BCUT2D eigenvalue weighted by Crippen LogP contribution is -2.17. The van der Waals surface area contributed by atoms with Crippen molar-refractivity contribution >= 4 is 27.6 Å². The van der Waals surface area contributed by atoms with Gasteiger partial charge in [-0.1, -0.05) is 6.07 Å². The van der Waals surface area contributed by atoms with Gasteiger partial charge in [0.1, 0.15) is 0 Å². The highest BCUT2D eigenvalue weighted by Gasteiger charge is 2.18. The van der Waals surface area contributed by atoms with Gasteiger partial charge in [0.05, 0.1) is 10.5 Å². The van der Waals surface area contributed by atoms with E-state index in [4.69, 9.17) is 10.8 Å². The standard InChI is InChI=1S/C16H16N2O5S/c1-9-5-11(16(20)21)7-12(6-9)18-24(22,23)13-4-3-10(2)14(8-13)15(17)19/h3-8,18H,1-2H3,(H2,17,19)(H,20,21). The molecule has 0 heterocycles. The molecule has 8 heteroatoms. The van der Waals surface area contributed by atoms with Crippen LogP contribution in [0.2, 0.25) is 0 Å². The molecule has 0 unspecified atom stereocenters. The lowest BCUT2D eigenvalue weighted by atomic mass is 10.1. The van der Waals surface area contributed by atoms with Crippen molar-refractivity contribution in [1.82, 2.24) is 0 Å². The number of sulfonamides is 1. The largest absolute Gasteiger partial charge is 0.478 e. The molecule has 0 aliphatic rings. The Balaban J connectivity index is 2.44. The second-order valence-electron chi connectivity index (χ2n) is 5.34. The van der Waals surface area contributed by atoms with Crippen LogP contribution in [-0.2, 0) is 10.0 Å². The fourth-order valence-corrected chi connectivity index (χ4v) is 3.28. The van der Waals surface area contributed by atoms with Crippen LogP contribution < -0.4 is 10.5 Å². The Morgan fingerprint density at radius 2 is 1.75 bits per heavy atom. The van der Waals surface area contributed by atoms with Crippen LogP contribution in [0, 0.1) is 13.8 Å². The number of benzene rings is 2. The first-order chi connectivity index (χ1) is 11.1. The average molecular weight is 348 g/mol. The number of nitrogens with one attached hydrogen (secondary N) is 1. The second-order valence-corrected chi connectivity index (χ2v) is 7.02. The third-order valence-electron chi connectivity index (χ3n) is 3.36. The van der Waals surface area contributed by atoms with Crippen LogP contribution in [0.3, 0.4) is 0 Å². The number of nitrogens with two attached hydrogens (primary N) is 1. The van der Waals surface area contributed by atoms with E-state index in [9.17, 15) is 18.0 Å². The summed E-state index contributed by atoms with van der Waals surface area (Å²) in [6, 6.07) is 8.17. The summed E-state index contributed by atoms with van der Waals surface area (Å²) >= 11 is 0. The Kier molecular flexibility index (Phi) is 4.61. The van der Waals surface area contributed by atoms with Crippen LogP contribution in [0.25, 0.3) is 0 Å². The number of anilines is 1. The number of carbonyl (C=O) groups excluding carboxylic acids is 1. The molecule has 0 saturated heterocycles. The van der Waals surface area contributed by atoms with Gasteiger partial charge in [-0.15, -0.1) is 0 Å². The zero-order chi connectivity index (χ0) is 18.1. The Bertz CT molecular complexity index is 935. The van der Waals surface area contributed by atoms with E-state index in [1.807, 2.05) is 0 Å². The Labute approximate surface area is 139 Å². The zero-order valence-corrected chi connectivity index (χ0v) is 13.8. The highest BCUT2D eigenvalue weighted by Crippen LogP contribution is 2.21. The second kappa shape index (κ2) is 6.32. The van der Waals surface area contributed by atoms with Gasteiger partial charge in [-0.2, -0.15) is 0 Å². The number of aryl methyl sites for hydroxylation is 2. The molecule has 0 aliphatic carbocycles. The van der Waals surface area contributed by atoms with Gasteiger partial charge in [0, 0.05) is 11.3 Å². The van der Waals surface area contributed by atoms with Gasteiger partial charge in [0.25, 0.3) is 10.0 Å². The molecule has 2 rings (SSSR count). The van der Waals surface area contributed by atoms with E-state index in [2.05, 4.69) is 4.72 Å². The molecule has 0 bridgehead atoms. The summed E-state index contributed by atoms with van der Waals surface area (Å²) in [5.74, 6) is -1.89. The molecule has 0 saturated carbocycles. The summed E-state index contributed by atoms with van der Waals surface area (Å²) in [5, 5.41) is 9.05. The number of hydrogen-bond donors (Lipinski definition) is 3. The third kappa shape index (κ3) is 3.72. The first-order valence-electron chi connectivity index (χ1n) is 6.88. The first kappa shape index (κ1) is 17.5. The summed E-state index contributed by atoms with van der Waals surface area (Å²) in [4.78, 5) is 22.3. The zero-order valence-electron chi connectivity index (χ0n) is 13.0. The fourth-order valence-electron chi connectivity index (χ4n) is 2.21. The number of primary amides is 1. The number of carbonyl (C=O) groups is 2. The van der Waals surface area contributed by atoms with Crippen molar-refractivity contribution in [3.63, 3.8) is 0 Å². The van der Waals surface area contributed by atoms with Crippen LogP contribution in [0.15, 0.2) is 41.3 Å². The molecule has 0 spiro atoms. The van der Waals surface area contributed by atoms with Crippen molar-refractivity contribution in [3.8, 4) is 0 Å². The summed E-state index contributed by atoms with van der Waals surface area (Å²) in [7, 11) is -4.00.